The summed E-state index contributed by atoms with van der Waals surface area (Å²) in [7, 11) is 1.71. The minimum atomic E-state index is -1.00. The largest absolute Gasteiger partial charge is 0.388 e. The van der Waals surface area contributed by atoms with E-state index in [-0.39, 0.29) is 30.0 Å². The first kappa shape index (κ1) is 21.5. The molecule has 7 nitrogen and oxygen atoms in total. The Morgan fingerprint density at radius 2 is 2.07 bits per heavy atom. The molecule has 1 saturated heterocycles. The molecule has 30 heavy (non-hydrogen) atoms. The number of hydrogen-bond donors (Lipinski definition) is 1. The molecule has 0 bridgehead atoms. The molecular formula is C22H31N3O4S. The van der Waals surface area contributed by atoms with E-state index in [2.05, 4.69) is 4.98 Å². The summed E-state index contributed by atoms with van der Waals surface area (Å²) < 4.78 is 6.99. The number of rotatable bonds is 4. The number of ether oxygens (including phenoxy) is 1. The van der Waals surface area contributed by atoms with E-state index in [1.807, 2.05) is 18.7 Å². The lowest BCUT2D eigenvalue weighted by molar-refractivity contribution is -0.142. The van der Waals surface area contributed by atoms with Crippen LogP contribution < -0.4 is 5.56 Å². The highest BCUT2D eigenvalue weighted by Crippen LogP contribution is 2.31. The van der Waals surface area contributed by atoms with Crippen LogP contribution >= 0.6 is 11.3 Å². The summed E-state index contributed by atoms with van der Waals surface area (Å²) in [6.45, 7) is 5.18. The summed E-state index contributed by atoms with van der Waals surface area (Å²) >= 11 is 1.53. The Kier molecular flexibility index (Phi) is 6.01. The molecule has 2 aliphatic rings. The van der Waals surface area contributed by atoms with Crippen LogP contribution in [-0.2, 0) is 16.1 Å². The molecule has 2 fully saturated rings. The van der Waals surface area contributed by atoms with Crippen LogP contribution in [-0.4, -0.2) is 57.4 Å². The monoisotopic (exact) mass is 433 g/mol. The molecule has 2 aromatic rings. The van der Waals surface area contributed by atoms with Crippen molar-refractivity contribution in [3.05, 3.63) is 27.1 Å². The Labute approximate surface area is 180 Å². The zero-order valence-electron chi connectivity index (χ0n) is 18.0. The maximum absolute atomic E-state index is 13.0. The first-order valence-corrected chi connectivity index (χ1v) is 11.6. The van der Waals surface area contributed by atoms with Crippen molar-refractivity contribution in [3.8, 4) is 0 Å². The molecule has 0 aromatic carbocycles. The number of amides is 1. The molecule has 164 valence electrons. The molecule has 2 aromatic heterocycles. The Bertz CT molecular complexity index is 990. The van der Waals surface area contributed by atoms with Gasteiger partial charge < -0.3 is 14.7 Å². The van der Waals surface area contributed by atoms with E-state index in [1.54, 1.807) is 13.4 Å². The maximum Gasteiger partial charge on any atom is 0.262 e. The fraction of sp³-hybridized carbons (Fsp3) is 0.682. The van der Waals surface area contributed by atoms with Crippen LogP contribution in [0.2, 0.25) is 0 Å². The van der Waals surface area contributed by atoms with E-state index in [0.29, 0.717) is 31.3 Å². The van der Waals surface area contributed by atoms with E-state index in [9.17, 15) is 14.7 Å². The number of thiophene rings is 1. The molecule has 1 aliphatic heterocycles. The molecular weight excluding hydrogens is 402 g/mol. The number of hydrogen-bond acceptors (Lipinski definition) is 6. The summed E-state index contributed by atoms with van der Waals surface area (Å²) in [5.41, 5.74) is -0.131. The van der Waals surface area contributed by atoms with Crippen molar-refractivity contribution >= 4 is 27.5 Å². The van der Waals surface area contributed by atoms with Crippen LogP contribution in [0.4, 0.5) is 0 Å². The first-order valence-electron chi connectivity index (χ1n) is 10.8. The lowest BCUT2D eigenvalue weighted by atomic mass is 9.84. The van der Waals surface area contributed by atoms with Crippen LogP contribution in [0.25, 0.3) is 10.2 Å². The standard InChI is InChI=1S/C22H31N3O4S/c1-14-15(2)30-19-18(14)21(27)25(13-23-19)12-22(28)7-9-24(10-8-22)20(26)16-5-4-6-17(11-16)29-3/h13,16-17,28H,4-12H2,1-3H3/t16-,17+/m1/s1. The second-order valence-electron chi connectivity index (χ2n) is 8.91. The summed E-state index contributed by atoms with van der Waals surface area (Å²) in [4.78, 5) is 34.1. The molecule has 0 spiro atoms. The van der Waals surface area contributed by atoms with Gasteiger partial charge in [0.1, 0.15) is 4.83 Å². The third-order valence-corrected chi connectivity index (χ3v) is 8.05. The SMILES string of the molecule is CO[C@H]1CCC[C@@H](C(=O)N2CCC(O)(Cn3cnc4sc(C)c(C)c4c3=O)CC2)C1. The zero-order chi connectivity index (χ0) is 21.5. The lowest BCUT2D eigenvalue weighted by Crippen LogP contribution is -2.51. The molecule has 3 heterocycles. The van der Waals surface area contributed by atoms with E-state index in [4.69, 9.17) is 4.74 Å². The van der Waals surface area contributed by atoms with Crippen molar-refractivity contribution in [1.82, 2.24) is 14.5 Å². The number of aryl methyl sites for hydroxylation is 2. The normalized spacial score (nSPS) is 24.3. The van der Waals surface area contributed by atoms with Crippen LogP contribution in [0.15, 0.2) is 11.1 Å². The third-order valence-electron chi connectivity index (χ3n) is 6.93. The van der Waals surface area contributed by atoms with Crippen molar-refractivity contribution in [2.24, 2.45) is 5.92 Å². The number of piperidine rings is 1. The van der Waals surface area contributed by atoms with E-state index in [1.165, 1.54) is 15.9 Å². The predicted molar refractivity (Wildman–Crippen MR) is 117 cm³/mol. The van der Waals surface area contributed by atoms with Gasteiger partial charge in [-0.25, -0.2) is 4.98 Å². The van der Waals surface area contributed by atoms with Gasteiger partial charge in [0.2, 0.25) is 5.91 Å². The second-order valence-corrected chi connectivity index (χ2v) is 10.1. The number of aliphatic hydroxyl groups is 1. The van der Waals surface area contributed by atoms with Gasteiger partial charge in [0.15, 0.2) is 0 Å². The average molecular weight is 434 g/mol. The smallest absolute Gasteiger partial charge is 0.262 e. The second kappa shape index (κ2) is 8.40. The van der Waals surface area contributed by atoms with Crippen LogP contribution in [0.5, 0.6) is 0 Å². The fourth-order valence-corrected chi connectivity index (χ4v) is 5.83. The Balaban J connectivity index is 1.42. The molecule has 1 saturated carbocycles. The van der Waals surface area contributed by atoms with Crippen molar-refractivity contribution in [2.45, 2.75) is 70.6 Å². The van der Waals surface area contributed by atoms with Gasteiger partial charge in [-0.3, -0.25) is 14.2 Å². The molecule has 8 heteroatoms. The Morgan fingerprint density at radius 3 is 2.77 bits per heavy atom. The van der Waals surface area contributed by atoms with Crippen LogP contribution in [0, 0.1) is 19.8 Å². The first-order chi connectivity index (χ1) is 14.3. The minimum absolute atomic E-state index is 0.0222. The molecule has 1 aliphatic carbocycles. The number of fused-ring (bicyclic) bond motifs is 1. The molecule has 0 radical (unpaired) electrons. The quantitative estimate of drug-likeness (QED) is 0.801. The van der Waals surface area contributed by atoms with Gasteiger partial charge in [0.05, 0.1) is 30.0 Å². The van der Waals surface area contributed by atoms with Crippen LogP contribution in [0.1, 0.15) is 49.0 Å². The van der Waals surface area contributed by atoms with Crippen molar-refractivity contribution < 1.29 is 14.6 Å². The zero-order valence-corrected chi connectivity index (χ0v) is 18.8. The highest BCUT2D eigenvalue weighted by Gasteiger charge is 2.37. The Hall–Kier alpha value is -1.77. The number of carbonyl (C=O) groups is 1. The van der Waals surface area contributed by atoms with Gasteiger partial charge in [0, 0.05) is 31.0 Å². The van der Waals surface area contributed by atoms with Crippen LogP contribution in [0.3, 0.4) is 0 Å². The van der Waals surface area contributed by atoms with Crippen molar-refractivity contribution in [1.29, 1.82) is 0 Å². The van der Waals surface area contributed by atoms with Gasteiger partial charge in [-0.2, -0.15) is 0 Å². The van der Waals surface area contributed by atoms with Gasteiger partial charge in [-0.1, -0.05) is 6.42 Å². The molecule has 2 atom stereocenters. The third kappa shape index (κ3) is 4.05. The molecule has 4 rings (SSSR count). The molecule has 0 unspecified atom stereocenters. The van der Waals surface area contributed by atoms with Crippen molar-refractivity contribution in [2.75, 3.05) is 20.2 Å². The fourth-order valence-electron chi connectivity index (χ4n) is 4.84. The van der Waals surface area contributed by atoms with Gasteiger partial charge in [-0.15, -0.1) is 11.3 Å². The average Bonchev–Trinajstić information content (AvgIpc) is 3.04. The summed E-state index contributed by atoms with van der Waals surface area (Å²) in [5, 5.41) is 11.8. The Morgan fingerprint density at radius 1 is 1.33 bits per heavy atom. The maximum atomic E-state index is 13.0. The number of methoxy groups -OCH3 is 1. The number of likely N-dealkylation sites (tertiary alicyclic amines) is 1. The van der Waals surface area contributed by atoms with Gasteiger partial charge in [-0.05, 0) is 51.5 Å². The van der Waals surface area contributed by atoms with Crippen molar-refractivity contribution in [3.63, 3.8) is 0 Å². The summed E-state index contributed by atoms with van der Waals surface area (Å²) in [5.74, 6) is 0.206. The molecule has 1 N–H and O–H groups in total. The topological polar surface area (TPSA) is 84.7 Å². The number of aromatic nitrogens is 2. The van der Waals surface area contributed by atoms with E-state index < -0.39 is 5.60 Å². The number of carbonyl (C=O) groups excluding carboxylic acids is 1. The summed E-state index contributed by atoms with van der Waals surface area (Å²) in [6.07, 6.45) is 6.39. The molecule has 1 amide bonds. The van der Waals surface area contributed by atoms with E-state index >= 15 is 0 Å². The van der Waals surface area contributed by atoms with Gasteiger partial charge in [0.25, 0.3) is 5.56 Å². The highest BCUT2D eigenvalue weighted by atomic mass is 32.1. The number of nitrogens with zero attached hydrogens (tertiary/aromatic N) is 3. The summed E-state index contributed by atoms with van der Waals surface area (Å²) in [6, 6.07) is 0. The predicted octanol–water partition coefficient (Wildman–Crippen LogP) is 2.63. The van der Waals surface area contributed by atoms with E-state index in [0.717, 1.165) is 41.0 Å². The minimum Gasteiger partial charge on any atom is -0.388 e. The lowest BCUT2D eigenvalue weighted by Gasteiger charge is -2.40. The van der Waals surface area contributed by atoms with Gasteiger partial charge >= 0.3 is 0 Å². The highest BCUT2D eigenvalue weighted by molar-refractivity contribution is 7.18.